The Hall–Kier alpha value is -2.70. The van der Waals surface area contributed by atoms with Crippen LogP contribution in [0.2, 0.25) is 0 Å². The van der Waals surface area contributed by atoms with Crippen molar-refractivity contribution in [3.63, 3.8) is 0 Å². The van der Waals surface area contributed by atoms with Crippen LogP contribution in [0.5, 0.6) is 0 Å². The van der Waals surface area contributed by atoms with Crippen LogP contribution in [0, 0.1) is 5.41 Å². The van der Waals surface area contributed by atoms with E-state index in [0.29, 0.717) is 38.2 Å². The molecule has 0 radical (unpaired) electrons. The Morgan fingerprint density at radius 3 is 2.52 bits per heavy atom. The van der Waals surface area contributed by atoms with Gasteiger partial charge in [-0.25, -0.2) is 5.43 Å². The minimum absolute atomic E-state index is 0.0454. The highest BCUT2D eigenvalue weighted by Gasteiger charge is 2.46. The van der Waals surface area contributed by atoms with Gasteiger partial charge in [-0.2, -0.15) is 5.10 Å². The Balaban J connectivity index is 1.47. The summed E-state index contributed by atoms with van der Waals surface area (Å²) in [7, 11) is 0. The molecule has 1 spiro atoms. The van der Waals surface area contributed by atoms with Gasteiger partial charge in [0.1, 0.15) is 5.71 Å². The van der Waals surface area contributed by atoms with Crippen LogP contribution in [0.25, 0.3) is 0 Å². The summed E-state index contributed by atoms with van der Waals surface area (Å²) in [5, 5.41) is 3.95. The molecule has 1 aromatic carbocycles. The Morgan fingerprint density at radius 1 is 1.17 bits per heavy atom. The normalized spacial score (nSPS) is 24.3. The van der Waals surface area contributed by atoms with Crippen molar-refractivity contribution in [2.45, 2.75) is 44.9 Å². The van der Waals surface area contributed by atoms with Gasteiger partial charge in [0.25, 0.3) is 5.91 Å². The van der Waals surface area contributed by atoms with E-state index in [4.69, 9.17) is 0 Å². The molecule has 0 aromatic heterocycles. The second kappa shape index (κ2) is 7.97. The molecule has 3 amide bonds. The van der Waals surface area contributed by atoms with Crippen LogP contribution in [0.4, 0.5) is 0 Å². The first kappa shape index (κ1) is 19.6. The van der Waals surface area contributed by atoms with E-state index >= 15 is 0 Å². The number of amides is 3. The minimum Gasteiger partial charge on any atom is -0.342 e. The van der Waals surface area contributed by atoms with E-state index in [1.54, 1.807) is 0 Å². The molecule has 3 aliphatic heterocycles. The molecular formula is C22H28N4O3. The number of hydrogen-bond acceptors (Lipinski definition) is 4. The highest BCUT2D eigenvalue weighted by molar-refractivity contribution is 6.39. The summed E-state index contributed by atoms with van der Waals surface area (Å²) in [5.41, 5.74) is 3.98. The minimum atomic E-state index is -0.141. The molecule has 2 fully saturated rings. The second-order valence-electron chi connectivity index (χ2n) is 8.41. The first-order valence-electron chi connectivity index (χ1n) is 10.5. The highest BCUT2D eigenvalue weighted by Crippen LogP contribution is 2.45. The third kappa shape index (κ3) is 3.91. The molecule has 1 aromatic rings. The average Bonchev–Trinajstić information content (AvgIpc) is 2.76. The molecule has 0 aliphatic carbocycles. The van der Waals surface area contributed by atoms with E-state index < -0.39 is 0 Å². The number of piperidine rings is 2. The summed E-state index contributed by atoms with van der Waals surface area (Å²) in [6.45, 7) is 4.85. The molecule has 7 nitrogen and oxygen atoms in total. The number of likely N-dealkylation sites (tertiary alicyclic amines) is 2. The number of likely N-dealkylation sites (N-methyl/N-ethyl adjacent to an activating group) is 1. The maximum atomic E-state index is 13.0. The lowest BCUT2D eigenvalue weighted by Gasteiger charge is -2.49. The molecule has 154 valence electrons. The summed E-state index contributed by atoms with van der Waals surface area (Å²) < 4.78 is 0. The molecule has 2 saturated heterocycles. The van der Waals surface area contributed by atoms with Crippen molar-refractivity contribution >= 4 is 23.4 Å². The lowest BCUT2D eigenvalue weighted by atomic mass is 9.67. The van der Waals surface area contributed by atoms with Crippen LogP contribution in [-0.4, -0.2) is 59.4 Å². The van der Waals surface area contributed by atoms with Crippen molar-refractivity contribution < 1.29 is 14.4 Å². The van der Waals surface area contributed by atoms with Crippen LogP contribution in [0.1, 0.15) is 50.5 Å². The average molecular weight is 396 g/mol. The predicted octanol–water partition coefficient (Wildman–Crippen LogP) is 1.90. The summed E-state index contributed by atoms with van der Waals surface area (Å²) >= 11 is 0. The van der Waals surface area contributed by atoms with Crippen molar-refractivity contribution in [1.29, 1.82) is 0 Å². The van der Waals surface area contributed by atoms with Crippen molar-refractivity contribution in [3.05, 3.63) is 35.9 Å². The van der Waals surface area contributed by atoms with Crippen molar-refractivity contribution in [3.8, 4) is 0 Å². The fourth-order valence-corrected chi connectivity index (χ4v) is 4.86. The van der Waals surface area contributed by atoms with E-state index in [1.807, 2.05) is 47.1 Å². The van der Waals surface area contributed by atoms with Crippen molar-refractivity contribution in [2.75, 3.05) is 26.2 Å². The molecule has 3 aliphatic rings. The lowest BCUT2D eigenvalue weighted by Crippen LogP contribution is -2.55. The molecule has 1 N–H and O–H groups in total. The molecule has 1 atom stereocenters. The second-order valence-corrected chi connectivity index (χ2v) is 8.41. The summed E-state index contributed by atoms with van der Waals surface area (Å²) in [5.74, 6) is -0.100. The standard InChI is InChI=1S/C22H28N4O3/c1-2-25-15-22(14-17(20(25)28)16-6-4-3-5-7-16)10-12-26(13-11-22)21(29)18-8-9-19(27)24-23-18/h3-7,17H,2,8-15H2,1H3,(H,24,27)/t17-/m1/s1. The van der Waals surface area contributed by atoms with Gasteiger partial charge in [-0.15, -0.1) is 0 Å². The number of nitrogens with one attached hydrogen (secondary N) is 1. The molecule has 3 heterocycles. The van der Waals surface area contributed by atoms with Gasteiger partial charge < -0.3 is 9.80 Å². The van der Waals surface area contributed by atoms with Gasteiger partial charge in [-0.3, -0.25) is 14.4 Å². The third-order valence-corrected chi connectivity index (χ3v) is 6.62. The molecule has 4 rings (SSSR count). The number of carbonyl (C=O) groups is 3. The van der Waals surface area contributed by atoms with Crippen LogP contribution in [0.15, 0.2) is 35.4 Å². The quantitative estimate of drug-likeness (QED) is 0.847. The monoisotopic (exact) mass is 396 g/mol. The zero-order valence-corrected chi connectivity index (χ0v) is 16.9. The van der Waals surface area contributed by atoms with E-state index in [9.17, 15) is 14.4 Å². The van der Waals surface area contributed by atoms with Gasteiger partial charge >= 0.3 is 0 Å². The SMILES string of the molecule is CCN1CC2(CCN(C(=O)C3=NNC(=O)CC3)CC2)C[C@H](c2ccccc2)C1=O. The largest absolute Gasteiger partial charge is 0.342 e. The zero-order valence-electron chi connectivity index (χ0n) is 16.9. The zero-order chi connectivity index (χ0) is 20.4. The van der Waals surface area contributed by atoms with Crippen LogP contribution in [-0.2, 0) is 14.4 Å². The van der Waals surface area contributed by atoms with Crippen LogP contribution in [0.3, 0.4) is 0 Å². The van der Waals surface area contributed by atoms with E-state index in [-0.39, 0.29) is 29.1 Å². The first-order valence-corrected chi connectivity index (χ1v) is 10.5. The number of nitrogens with zero attached hydrogens (tertiary/aromatic N) is 3. The van der Waals surface area contributed by atoms with Crippen molar-refractivity contribution in [2.24, 2.45) is 10.5 Å². The summed E-state index contributed by atoms with van der Waals surface area (Å²) in [6, 6.07) is 10.0. The Kier molecular flexibility index (Phi) is 5.39. The van der Waals surface area contributed by atoms with Crippen LogP contribution < -0.4 is 5.43 Å². The van der Waals surface area contributed by atoms with Gasteiger partial charge in [-0.05, 0) is 37.2 Å². The Labute approximate surface area is 171 Å². The molecule has 0 bridgehead atoms. The van der Waals surface area contributed by atoms with Gasteiger partial charge in [0.05, 0.1) is 5.92 Å². The van der Waals surface area contributed by atoms with Gasteiger partial charge in [0.15, 0.2) is 0 Å². The summed E-state index contributed by atoms with van der Waals surface area (Å²) in [4.78, 5) is 40.9. The molecular weight excluding hydrogens is 368 g/mol. The van der Waals surface area contributed by atoms with Crippen LogP contribution >= 0.6 is 0 Å². The van der Waals surface area contributed by atoms with Crippen molar-refractivity contribution in [1.82, 2.24) is 15.2 Å². The number of benzene rings is 1. The highest BCUT2D eigenvalue weighted by atomic mass is 16.2. The van der Waals surface area contributed by atoms with Gasteiger partial charge in [0, 0.05) is 39.0 Å². The molecule has 7 heteroatoms. The maximum Gasteiger partial charge on any atom is 0.270 e. The number of carbonyl (C=O) groups excluding carboxylic acids is 3. The Bertz CT molecular complexity index is 828. The fourth-order valence-electron chi connectivity index (χ4n) is 4.86. The maximum absolute atomic E-state index is 13.0. The van der Waals surface area contributed by atoms with E-state index in [2.05, 4.69) is 10.5 Å². The first-order chi connectivity index (χ1) is 14.0. The number of hydrogen-bond donors (Lipinski definition) is 1. The number of hydrazone groups is 1. The molecule has 0 saturated carbocycles. The van der Waals surface area contributed by atoms with Gasteiger partial charge in [0.2, 0.25) is 11.8 Å². The predicted molar refractivity (Wildman–Crippen MR) is 109 cm³/mol. The van der Waals surface area contributed by atoms with Gasteiger partial charge in [-0.1, -0.05) is 30.3 Å². The van der Waals surface area contributed by atoms with E-state index in [1.165, 1.54) is 0 Å². The third-order valence-electron chi connectivity index (χ3n) is 6.62. The topological polar surface area (TPSA) is 82.1 Å². The lowest BCUT2D eigenvalue weighted by molar-refractivity contribution is -0.143. The smallest absolute Gasteiger partial charge is 0.270 e. The number of rotatable bonds is 3. The fraction of sp³-hybridized carbons (Fsp3) is 0.545. The molecule has 0 unspecified atom stereocenters. The summed E-state index contributed by atoms with van der Waals surface area (Å²) in [6.07, 6.45) is 3.32. The van der Waals surface area contributed by atoms with E-state index in [0.717, 1.165) is 31.4 Å². The Morgan fingerprint density at radius 2 is 1.90 bits per heavy atom. The molecule has 29 heavy (non-hydrogen) atoms.